The zero-order valence-corrected chi connectivity index (χ0v) is 13.4. The van der Waals surface area contributed by atoms with Crippen molar-refractivity contribution in [1.29, 1.82) is 0 Å². The highest BCUT2D eigenvalue weighted by atomic mass is 79.9. The van der Waals surface area contributed by atoms with Crippen molar-refractivity contribution in [3.63, 3.8) is 0 Å². The quantitative estimate of drug-likeness (QED) is 0.599. The molecule has 1 heterocycles. The molecule has 9 nitrogen and oxygen atoms in total. The van der Waals surface area contributed by atoms with Crippen LogP contribution in [-0.4, -0.2) is 26.9 Å². The second-order valence-corrected chi connectivity index (χ2v) is 5.31. The zero-order valence-electron chi connectivity index (χ0n) is 11.8. The van der Waals surface area contributed by atoms with Crippen molar-refractivity contribution in [2.45, 2.75) is 13.0 Å². The van der Waals surface area contributed by atoms with Gasteiger partial charge in [-0.3, -0.25) is 19.7 Å². The van der Waals surface area contributed by atoms with E-state index in [1.165, 1.54) is 6.92 Å². The van der Waals surface area contributed by atoms with Crippen molar-refractivity contribution >= 4 is 33.2 Å². The Labute approximate surface area is 138 Å². The molecular formula is C13H11BrN4O5. The van der Waals surface area contributed by atoms with E-state index < -0.39 is 34.1 Å². The number of aromatic amines is 1. The van der Waals surface area contributed by atoms with Crippen LogP contribution in [0.15, 0.2) is 39.9 Å². The Morgan fingerprint density at radius 2 is 2.09 bits per heavy atom. The first kappa shape index (κ1) is 16.6. The van der Waals surface area contributed by atoms with Gasteiger partial charge in [-0.1, -0.05) is 15.9 Å². The minimum absolute atomic E-state index is 0.516. The van der Waals surface area contributed by atoms with Crippen LogP contribution in [0.4, 0.5) is 11.4 Å². The topological polar surface area (TPSA) is 127 Å². The number of benzene rings is 1. The molecule has 2 aromatic rings. The maximum absolute atomic E-state index is 12.0. The van der Waals surface area contributed by atoms with E-state index in [4.69, 9.17) is 4.74 Å². The van der Waals surface area contributed by atoms with Crippen LogP contribution in [0.1, 0.15) is 6.92 Å². The molecule has 0 aliphatic carbocycles. The lowest BCUT2D eigenvalue weighted by Crippen LogP contribution is -2.31. The second-order valence-electron chi connectivity index (χ2n) is 4.40. The van der Waals surface area contributed by atoms with E-state index in [1.807, 2.05) is 0 Å². The van der Waals surface area contributed by atoms with Crippen molar-refractivity contribution in [2.24, 2.45) is 0 Å². The van der Waals surface area contributed by atoms with Gasteiger partial charge in [0.25, 0.3) is 5.91 Å². The molecule has 10 heteroatoms. The van der Waals surface area contributed by atoms with Gasteiger partial charge in [-0.05, 0) is 31.2 Å². The molecule has 0 fully saturated rings. The fraction of sp³-hybridized carbons (Fsp3) is 0.154. The lowest BCUT2D eigenvalue weighted by Gasteiger charge is -2.13. The van der Waals surface area contributed by atoms with Crippen molar-refractivity contribution in [2.75, 3.05) is 5.32 Å². The van der Waals surface area contributed by atoms with Crippen LogP contribution in [0.3, 0.4) is 0 Å². The van der Waals surface area contributed by atoms with E-state index in [0.717, 1.165) is 10.8 Å². The summed E-state index contributed by atoms with van der Waals surface area (Å²) in [6, 6.07) is 6.82. The van der Waals surface area contributed by atoms with Gasteiger partial charge in [0.15, 0.2) is 6.10 Å². The molecule has 1 atom stereocenters. The van der Waals surface area contributed by atoms with Crippen LogP contribution in [0, 0.1) is 10.1 Å². The number of nitrogens with one attached hydrogen (secondary N) is 2. The SMILES string of the molecule is C[C@H](Oc1nc[nH]c(=O)c1[N+](=O)[O-])C(=O)Nc1ccc(Br)cc1. The Hall–Kier alpha value is -2.75. The number of rotatable bonds is 5. The molecular weight excluding hydrogens is 372 g/mol. The average molecular weight is 383 g/mol. The molecule has 2 rings (SSSR count). The highest BCUT2D eigenvalue weighted by Gasteiger charge is 2.26. The van der Waals surface area contributed by atoms with E-state index in [1.54, 1.807) is 24.3 Å². The third-order valence-electron chi connectivity index (χ3n) is 2.75. The van der Waals surface area contributed by atoms with Crippen molar-refractivity contribution in [3.8, 4) is 5.88 Å². The predicted molar refractivity (Wildman–Crippen MR) is 84.4 cm³/mol. The van der Waals surface area contributed by atoms with Gasteiger partial charge in [-0.25, -0.2) is 0 Å². The van der Waals surface area contributed by atoms with Crippen LogP contribution in [0.2, 0.25) is 0 Å². The average Bonchev–Trinajstić information content (AvgIpc) is 2.49. The molecule has 0 saturated carbocycles. The number of nitro groups is 1. The monoisotopic (exact) mass is 382 g/mol. The van der Waals surface area contributed by atoms with Crippen molar-refractivity contribution in [3.05, 3.63) is 55.5 Å². The van der Waals surface area contributed by atoms with Gasteiger partial charge in [0, 0.05) is 10.2 Å². The molecule has 1 amide bonds. The van der Waals surface area contributed by atoms with Gasteiger partial charge >= 0.3 is 17.1 Å². The molecule has 0 saturated heterocycles. The Kier molecular flexibility index (Phi) is 5.06. The first-order chi connectivity index (χ1) is 10.9. The van der Waals surface area contributed by atoms with E-state index in [2.05, 4.69) is 31.2 Å². The van der Waals surface area contributed by atoms with Crippen LogP contribution in [0.5, 0.6) is 5.88 Å². The third-order valence-corrected chi connectivity index (χ3v) is 3.28. The number of ether oxygens (including phenoxy) is 1. The van der Waals surface area contributed by atoms with E-state index in [9.17, 15) is 19.7 Å². The third kappa shape index (κ3) is 4.13. The summed E-state index contributed by atoms with van der Waals surface area (Å²) >= 11 is 3.27. The molecule has 1 aromatic carbocycles. The molecule has 2 N–H and O–H groups in total. The van der Waals surface area contributed by atoms with E-state index in [-0.39, 0.29) is 0 Å². The molecule has 0 radical (unpaired) electrons. The summed E-state index contributed by atoms with van der Waals surface area (Å²) in [6.07, 6.45) is -0.129. The minimum atomic E-state index is -1.09. The number of hydrogen-bond acceptors (Lipinski definition) is 6. The molecule has 0 aliphatic heterocycles. The molecule has 0 bridgehead atoms. The molecule has 0 unspecified atom stereocenters. The number of carbonyl (C=O) groups is 1. The summed E-state index contributed by atoms with van der Waals surface area (Å²) in [5, 5.41) is 13.5. The number of nitrogens with zero attached hydrogens (tertiary/aromatic N) is 2. The Morgan fingerprint density at radius 3 is 2.70 bits per heavy atom. The van der Waals surface area contributed by atoms with Crippen molar-refractivity contribution in [1.82, 2.24) is 9.97 Å². The number of H-pyrrole nitrogens is 1. The Balaban J connectivity index is 2.13. The first-order valence-electron chi connectivity index (χ1n) is 6.33. The van der Waals surface area contributed by atoms with Gasteiger partial charge in [0.2, 0.25) is 0 Å². The second kappa shape index (κ2) is 7.01. The Bertz CT molecular complexity index is 790. The van der Waals surface area contributed by atoms with Gasteiger partial charge in [0.05, 0.1) is 11.3 Å². The summed E-state index contributed by atoms with van der Waals surface area (Å²) in [4.78, 5) is 39.1. The number of aromatic nitrogens is 2. The molecule has 23 heavy (non-hydrogen) atoms. The highest BCUT2D eigenvalue weighted by molar-refractivity contribution is 9.10. The lowest BCUT2D eigenvalue weighted by molar-refractivity contribution is -0.387. The maximum atomic E-state index is 12.0. The fourth-order valence-electron chi connectivity index (χ4n) is 1.62. The van der Waals surface area contributed by atoms with E-state index >= 15 is 0 Å². The fourth-order valence-corrected chi connectivity index (χ4v) is 1.89. The first-order valence-corrected chi connectivity index (χ1v) is 7.13. The highest BCUT2D eigenvalue weighted by Crippen LogP contribution is 2.20. The van der Waals surface area contributed by atoms with Crippen LogP contribution < -0.4 is 15.6 Å². The van der Waals surface area contributed by atoms with Crippen LogP contribution in [0.25, 0.3) is 0 Å². The molecule has 120 valence electrons. The minimum Gasteiger partial charge on any atom is -0.459 e. The standard InChI is InChI=1S/C13H11BrN4O5/c1-7(11(19)17-9-4-2-8(14)3-5-9)23-13-10(18(21)22)12(20)15-6-16-13/h2-7H,1H3,(H,17,19)(H,15,16,20)/t7-/m0/s1. The van der Waals surface area contributed by atoms with E-state index in [0.29, 0.717) is 5.69 Å². The summed E-state index contributed by atoms with van der Waals surface area (Å²) < 4.78 is 6.00. The Morgan fingerprint density at radius 1 is 1.43 bits per heavy atom. The molecule has 1 aromatic heterocycles. The summed E-state index contributed by atoms with van der Waals surface area (Å²) in [7, 11) is 0. The number of carbonyl (C=O) groups excluding carboxylic acids is 1. The zero-order chi connectivity index (χ0) is 17.0. The summed E-state index contributed by atoms with van der Waals surface area (Å²) in [5.74, 6) is -1.05. The largest absolute Gasteiger partial charge is 0.459 e. The summed E-state index contributed by atoms with van der Waals surface area (Å²) in [6.45, 7) is 1.39. The summed E-state index contributed by atoms with van der Waals surface area (Å²) in [5.41, 5.74) is -1.28. The van der Waals surface area contributed by atoms with Gasteiger partial charge < -0.3 is 15.0 Å². The maximum Gasteiger partial charge on any atom is 0.395 e. The van der Waals surface area contributed by atoms with Gasteiger partial charge in [-0.2, -0.15) is 4.98 Å². The van der Waals surface area contributed by atoms with Crippen molar-refractivity contribution < 1.29 is 14.5 Å². The molecule has 0 aliphatic rings. The van der Waals surface area contributed by atoms with Crippen LogP contribution in [-0.2, 0) is 4.79 Å². The number of halogens is 1. The van der Waals surface area contributed by atoms with Gasteiger partial charge in [0.1, 0.15) is 0 Å². The predicted octanol–water partition coefficient (Wildman–Crippen LogP) is 1.85. The number of hydrogen-bond donors (Lipinski definition) is 2. The lowest BCUT2D eigenvalue weighted by atomic mass is 10.3. The van der Waals surface area contributed by atoms with Gasteiger partial charge in [-0.15, -0.1) is 0 Å². The number of amides is 1. The van der Waals surface area contributed by atoms with Crippen LogP contribution >= 0.6 is 15.9 Å². The number of anilines is 1. The normalized spacial score (nSPS) is 11.6. The smallest absolute Gasteiger partial charge is 0.395 e. The molecule has 0 spiro atoms.